The normalized spacial score (nSPS) is 13.6. The van der Waals surface area contributed by atoms with Gasteiger partial charge in [-0.2, -0.15) is 5.10 Å². The molecule has 0 fully saturated rings. The van der Waals surface area contributed by atoms with Crippen LogP contribution < -0.4 is 15.1 Å². The van der Waals surface area contributed by atoms with Crippen LogP contribution in [0.5, 0.6) is 5.88 Å². The van der Waals surface area contributed by atoms with Crippen molar-refractivity contribution in [1.82, 2.24) is 4.98 Å². The molecular weight excluding hydrogens is 304 g/mol. The third kappa shape index (κ3) is 3.53. The third-order valence-electron chi connectivity index (χ3n) is 3.70. The molecule has 1 N–H and O–H groups in total. The number of aromatic nitrogens is 1. The van der Waals surface area contributed by atoms with Crippen LogP contribution in [0.3, 0.4) is 0 Å². The van der Waals surface area contributed by atoms with Crippen LogP contribution in [-0.2, 0) is 0 Å². The Bertz CT molecular complexity index is 756. The number of pyridine rings is 1. The fourth-order valence-corrected chi connectivity index (χ4v) is 2.48. The van der Waals surface area contributed by atoms with Gasteiger partial charge in [-0.1, -0.05) is 0 Å². The molecule has 0 saturated carbocycles. The highest BCUT2D eigenvalue weighted by Gasteiger charge is 2.14. The number of nitrogens with one attached hydrogen (secondary N) is 1. The number of nitrogens with zero attached hydrogens (tertiary/aromatic N) is 3. The van der Waals surface area contributed by atoms with Crippen molar-refractivity contribution >= 4 is 23.0 Å². The van der Waals surface area contributed by atoms with Gasteiger partial charge < -0.3 is 10.1 Å². The average molecular weight is 324 g/mol. The number of hydrazone groups is 1. The Balaban J connectivity index is 1.72. The third-order valence-corrected chi connectivity index (χ3v) is 3.70. The van der Waals surface area contributed by atoms with Gasteiger partial charge in [0.05, 0.1) is 12.3 Å². The largest absolute Gasteiger partial charge is 0.476 e. The molecule has 1 aromatic carbocycles. The number of hydrogen-bond donors (Lipinski definition) is 1. The molecule has 1 amide bonds. The maximum atomic E-state index is 12.4. The number of anilines is 2. The minimum Gasteiger partial charge on any atom is -0.476 e. The lowest BCUT2D eigenvalue weighted by Crippen LogP contribution is -2.15. The molecule has 6 heteroatoms. The number of carbonyl (C=O) groups excluding carboxylic acids is 1. The number of amides is 1. The lowest BCUT2D eigenvalue weighted by Gasteiger charge is -2.14. The van der Waals surface area contributed by atoms with E-state index in [-0.39, 0.29) is 5.91 Å². The molecule has 0 radical (unpaired) electrons. The summed E-state index contributed by atoms with van der Waals surface area (Å²) in [5.41, 5.74) is 3.25. The monoisotopic (exact) mass is 324 g/mol. The Morgan fingerprint density at radius 2 is 2.08 bits per heavy atom. The van der Waals surface area contributed by atoms with Crippen LogP contribution in [0.2, 0.25) is 0 Å². The van der Waals surface area contributed by atoms with Crippen molar-refractivity contribution in [1.29, 1.82) is 0 Å². The zero-order valence-corrected chi connectivity index (χ0v) is 13.8. The first-order valence-electron chi connectivity index (χ1n) is 7.98. The van der Waals surface area contributed by atoms with Crippen molar-refractivity contribution < 1.29 is 9.53 Å². The van der Waals surface area contributed by atoms with Gasteiger partial charge in [-0.05, 0) is 50.2 Å². The van der Waals surface area contributed by atoms with Gasteiger partial charge in [0, 0.05) is 30.4 Å². The summed E-state index contributed by atoms with van der Waals surface area (Å²) in [6, 6.07) is 10.9. The second kappa shape index (κ2) is 7.12. The van der Waals surface area contributed by atoms with Gasteiger partial charge >= 0.3 is 0 Å². The first kappa shape index (κ1) is 16.0. The number of rotatable bonds is 5. The molecule has 2 aromatic rings. The number of benzene rings is 1. The summed E-state index contributed by atoms with van der Waals surface area (Å²) < 4.78 is 5.42. The van der Waals surface area contributed by atoms with Gasteiger partial charge in [-0.3, -0.25) is 9.80 Å². The van der Waals surface area contributed by atoms with Crippen molar-refractivity contribution in [3.05, 3.63) is 48.2 Å². The van der Waals surface area contributed by atoms with Gasteiger partial charge in [-0.15, -0.1) is 0 Å². The van der Waals surface area contributed by atoms with Crippen molar-refractivity contribution in [2.24, 2.45) is 5.10 Å². The fourth-order valence-electron chi connectivity index (χ4n) is 2.48. The summed E-state index contributed by atoms with van der Waals surface area (Å²) in [4.78, 5) is 16.5. The molecule has 6 nitrogen and oxygen atoms in total. The van der Waals surface area contributed by atoms with Gasteiger partial charge in [0.2, 0.25) is 5.88 Å². The Hall–Kier alpha value is -2.89. The van der Waals surface area contributed by atoms with E-state index < -0.39 is 0 Å². The van der Waals surface area contributed by atoms with E-state index in [1.54, 1.807) is 30.5 Å². The van der Waals surface area contributed by atoms with E-state index in [0.717, 1.165) is 24.4 Å². The first-order chi connectivity index (χ1) is 11.7. The molecule has 0 atom stereocenters. The van der Waals surface area contributed by atoms with Crippen LogP contribution in [-0.4, -0.2) is 29.8 Å². The van der Waals surface area contributed by atoms with Gasteiger partial charge in [0.25, 0.3) is 5.91 Å². The minimum absolute atomic E-state index is 0.198. The van der Waals surface area contributed by atoms with Crippen molar-refractivity contribution in [2.45, 2.75) is 20.3 Å². The molecule has 0 spiro atoms. The predicted octanol–water partition coefficient (Wildman–Crippen LogP) is 3.32. The first-order valence-corrected chi connectivity index (χ1v) is 7.98. The predicted molar refractivity (Wildman–Crippen MR) is 94.9 cm³/mol. The Morgan fingerprint density at radius 3 is 2.75 bits per heavy atom. The van der Waals surface area contributed by atoms with Gasteiger partial charge in [0.1, 0.15) is 5.69 Å². The number of carbonyl (C=O) groups is 1. The summed E-state index contributed by atoms with van der Waals surface area (Å²) in [5, 5.41) is 9.25. The molecular formula is C18H20N4O2. The maximum Gasteiger partial charge on any atom is 0.255 e. The van der Waals surface area contributed by atoms with Crippen LogP contribution in [0.1, 0.15) is 30.6 Å². The molecule has 0 unspecified atom stereocenters. The molecule has 1 aliphatic heterocycles. The van der Waals surface area contributed by atoms with Crippen LogP contribution in [0.4, 0.5) is 11.4 Å². The quantitative estimate of drug-likeness (QED) is 0.916. The molecule has 24 heavy (non-hydrogen) atoms. The topological polar surface area (TPSA) is 66.8 Å². The molecule has 1 aliphatic rings. The molecule has 3 rings (SSSR count). The van der Waals surface area contributed by atoms with Crippen LogP contribution >= 0.6 is 0 Å². The summed E-state index contributed by atoms with van der Waals surface area (Å²) in [6.45, 7) is 5.27. The van der Waals surface area contributed by atoms with Crippen LogP contribution in [0.25, 0.3) is 0 Å². The number of hydrogen-bond acceptors (Lipinski definition) is 5. The average Bonchev–Trinajstić information content (AvgIpc) is 3.03. The summed E-state index contributed by atoms with van der Waals surface area (Å²) >= 11 is 0. The van der Waals surface area contributed by atoms with E-state index in [4.69, 9.17) is 4.74 Å². The smallest absolute Gasteiger partial charge is 0.255 e. The van der Waals surface area contributed by atoms with E-state index >= 15 is 0 Å². The van der Waals surface area contributed by atoms with E-state index in [2.05, 4.69) is 15.4 Å². The van der Waals surface area contributed by atoms with Crippen molar-refractivity contribution in [3.63, 3.8) is 0 Å². The van der Waals surface area contributed by atoms with E-state index in [9.17, 15) is 4.79 Å². The highest BCUT2D eigenvalue weighted by atomic mass is 16.5. The zero-order chi connectivity index (χ0) is 16.9. The molecule has 0 bridgehead atoms. The lowest BCUT2D eigenvalue weighted by atomic mass is 10.2. The SMILES string of the molecule is CCOc1ncccc1NC(=O)c1ccc(N2CCC(C)=N2)cc1. The fraction of sp³-hybridized carbons (Fsp3) is 0.278. The van der Waals surface area contributed by atoms with Crippen LogP contribution in [0, 0.1) is 0 Å². The molecule has 0 saturated heterocycles. The Labute approximate surface area is 141 Å². The van der Waals surface area contributed by atoms with Crippen molar-refractivity contribution in [2.75, 3.05) is 23.5 Å². The van der Waals surface area contributed by atoms with E-state index in [0.29, 0.717) is 23.7 Å². The second-order valence-corrected chi connectivity index (χ2v) is 5.50. The van der Waals surface area contributed by atoms with Crippen LogP contribution in [0.15, 0.2) is 47.7 Å². The highest BCUT2D eigenvalue weighted by molar-refractivity contribution is 6.05. The van der Waals surface area contributed by atoms with Gasteiger partial charge in [-0.25, -0.2) is 4.98 Å². The second-order valence-electron chi connectivity index (χ2n) is 5.50. The summed E-state index contributed by atoms with van der Waals surface area (Å²) in [5.74, 6) is 0.225. The standard InChI is InChI=1S/C18H20N4O2/c1-3-24-18-16(5-4-11-19-18)20-17(23)14-6-8-15(9-7-14)22-12-10-13(2)21-22/h4-9,11H,3,10,12H2,1-2H3,(H,20,23). The zero-order valence-electron chi connectivity index (χ0n) is 13.8. The van der Waals surface area contributed by atoms with Gasteiger partial charge in [0.15, 0.2) is 0 Å². The summed E-state index contributed by atoms with van der Waals surface area (Å²) in [6.07, 6.45) is 2.61. The number of ether oxygens (including phenoxy) is 1. The molecule has 0 aliphatic carbocycles. The Morgan fingerprint density at radius 1 is 1.29 bits per heavy atom. The lowest BCUT2D eigenvalue weighted by molar-refractivity contribution is 0.102. The highest BCUT2D eigenvalue weighted by Crippen LogP contribution is 2.23. The van der Waals surface area contributed by atoms with E-state index in [1.165, 1.54) is 0 Å². The summed E-state index contributed by atoms with van der Waals surface area (Å²) in [7, 11) is 0. The minimum atomic E-state index is -0.198. The maximum absolute atomic E-state index is 12.4. The van der Waals surface area contributed by atoms with E-state index in [1.807, 2.05) is 31.0 Å². The molecule has 1 aromatic heterocycles. The van der Waals surface area contributed by atoms with Crippen molar-refractivity contribution in [3.8, 4) is 5.88 Å². The molecule has 124 valence electrons. The Kier molecular flexibility index (Phi) is 4.74. The molecule has 2 heterocycles.